The van der Waals surface area contributed by atoms with Gasteiger partial charge in [0.2, 0.25) is 0 Å². The predicted molar refractivity (Wildman–Crippen MR) is 71.9 cm³/mol. The number of rotatable bonds is 1. The largest absolute Gasteiger partial charge is 0.316 e. The first-order chi connectivity index (χ1) is 7.83. The molecule has 0 bridgehead atoms. The molecule has 2 heteroatoms. The molecule has 1 spiro atoms. The lowest BCUT2D eigenvalue weighted by molar-refractivity contribution is 0.0649. The summed E-state index contributed by atoms with van der Waals surface area (Å²) in [6.45, 7) is 5.09. The highest BCUT2D eigenvalue weighted by atomic mass is 32.2. The molecule has 1 N–H and O–H groups in total. The van der Waals surface area contributed by atoms with Gasteiger partial charge in [0.25, 0.3) is 0 Å². The molecule has 3 rings (SSSR count). The minimum Gasteiger partial charge on any atom is -0.316 e. The number of thioether (sulfide) groups is 1. The van der Waals surface area contributed by atoms with E-state index < -0.39 is 0 Å². The smallest absolute Gasteiger partial charge is 0.00791 e. The first kappa shape index (κ1) is 11.4. The van der Waals surface area contributed by atoms with Gasteiger partial charge in [-0.05, 0) is 48.9 Å². The quantitative estimate of drug-likeness (QED) is 0.753. The molecule has 2 saturated heterocycles. The van der Waals surface area contributed by atoms with E-state index in [4.69, 9.17) is 0 Å². The van der Waals surface area contributed by atoms with Crippen LogP contribution >= 0.6 is 11.8 Å². The molecule has 2 heterocycles. The Morgan fingerprint density at radius 3 is 2.69 bits per heavy atom. The van der Waals surface area contributed by atoms with E-state index >= 15 is 0 Å². The Morgan fingerprint density at radius 2 is 2.00 bits per heavy atom. The molecule has 0 aromatic rings. The van der Waals surface area contributed by atoms with Crippen molar-refractivity contribution in [3.8, 4) is 0 Å². The summed E-state index contributed by atoms with van der Waals surface area (Å²) in [5, 5.41) is 4.59. The van der Waals surface area contributed by atoms with Crippen LogP contribution in [0.25, 0.3) is 0 Å². The summed E-state index contributed by atoms with van der Waals surface area (Å²) >= 11 is 2.24. The Balaban J connectivity index is 1.82. The predicted octanol–water partition coefficient (Wildman–Crippen LogP) is 3.30. The van der Waals surface area contributed by atoms with E-state index in [1.165, 1.54) is 57.4 Å². The van der Waals surface area contributed by atoms with Gasteiger partial charge in [-0.3, -0.25) is 0 Å². The summed E-state index contributed by atoms with van der Waals surface area (Å²) in [6.07, 6.45) is 8.98. The Morgan fingerprint density at radius 1 is 1.19 bits per heavy atom. The average molecular weight is 239 g/mol. The van der Waals surface area contributed by atoms with Gasteiger partial charge in [0.15, 0.2) is 0 Å². The standard InChI is InChI=1S/C14H25NS/c1-11-14(7-9-16-11)6-8-15-10-13(14)12-4-2-3-5-12/h11-13,15H,2-10H2,1H3. The van der Waals surface area contributed by atoms with Crippen molar-refractivity contribution in [2.75, 3.05) is 18.8 Å². The van der Waals surface area contributed by atoms with Crippen molar-refractivity contribution in [2.24, 2.45) is 17.3 Å². The molecular weight excluding hydrogens is 214 g/mol. The van der Waals surface area contributed by atoms with E-state index in [-0.39, 0.29) is 0 Å². The number of piperidine rings is 1. The molecule has 0 aromatic carbocycles. The van der Waals surface area contributed by atoms with Gasteiger partial charge in [0.05, 0.1) is 0 Å². The van der Waals surface area contributed by atoms with Crippen molar-refractivity contribution in [1.82, 2.24) is 5.32 Å². The van der Waals surface area contributed by atoms with Gasteiger partial charge in [-0.25, -0.2) is 0 Å². The average Bonchev–Trinajstić information content (AvgIpc) is 2.92. The monoisotopic (exact) mass is 239 g/mol. The van der Waals surface area contributed by atoms with Crippen LogP contribution in [0.1, 0.15) is 45.4 Å². The molecule has 0 aromatic heterocycles. The van der Waals surface area contributed by atoms with Gasteiger partial charge in [-0.1, -0.05) is 32.6 Å². The summed E-state index contributed by atoms with van der Waals surface area (Å²) < 4.78 is 0. The van der Waals surface area contributed by atoms with Crippen LogP contribution < -0.4 is 5.32 Å². The van der Waals surface area contributed by atoms with E-state index in [0.717, 1.165) is 17.1 Å². The lowest BCUT2D eigenvalue weighted by Gasteiger charge is -2.47. The Labute approximate surface area is 104 Å². The van der Waals surface area contributed by atoms with Crippen LogP contribution in [0.3, 0.4) is 0 Å². The van der Waals surface area contributed by atoms with Crippen LogP contribution in [0, 0.1) is 17.3 Å². The zero-order chi connectivity index (χ0) is 11.0. The fourth-order valence-electron chi connectivity index (χ4n) is 4.57. The van der Waals surface area contributed by atoms with Crippen LogP contribution in [0.5, 0.6) is 0 Å². The van der Waals surface area contributed by atoms with Crippen LogP contribution in [-0.4, -0.2) is 24.1 Å². The normalized spacial score (nSPS) is 45.6. The van der Waals surface area contributed by atoms with Crippen molar-refractivity contribution in [2.45, 2.75) is 50.7 Å². The minimum absolute atomic E-state index is 0.713. The Kier molecular flexibility index (Phi) is 3.23. The van der Waals surface area contributed by atoms with E-state index in [1.807, 2.05) is 0 Å². The van der Waals surface area contributed by atoms with Gasteiger partial charge in [0.1, 0.15) is 0 Å². The molecule has 16 heavy (non-hydrogen) atoms. The van der Waals surface area contributed by atoms with E-state index in [2.05, 4.69) is 24.0 Å². The molecule has 1 nitrogen and oxygen atoms in total. The molecule has 0 amide bonds. The van der Waals surface area contributed by atoms with Crippen LogP contribution in [0.4, 0.5) is 0 Å². The van der Waals surface area contributed by atoms with Crippen LogP contribution in [0.15, 0.2) is 0 Å². The molecule has 3 atom stereocenters. The number of hydrogen-bond donors (Lipinski definition) is 1. The van der Waals surface area contributed by atoms with Crippen molar-refractivity contribution in [3.05, 3.63) is 0 Å². The van der Waals surface area contributed by atoms with Gasteiger partial charge >= 0.3 is 0 Å². The van der Waals surface area contributed by atoms with Crippen molar-refractivity contribution >= 4 is 11.8 Å². The third-order valence-electron chi connectivity index (χ3n) is 5.58. The van der Waals surface area contributed by atoms with Crippen molar-refractivity contribution < 1.29 is 0 Å². The summed E-state index contributed by atoms with van der Waals surface area (Å²) in [5.41, 5.74) is 0.713. The number of nitrogens with one attached hydrogen (secondary N) is 1. The summed E-state index contributed by atoms with van der Waals surface area (Å²) in [5.74, 6) is 3.47. The van der Waals surface area contributed by atoms with E-state index in [1.54, 1.807) is 0 Å². The highest BCUT2D eigenvalue weighted by Crippen LogP contribution is 2.55. The highest BCUT2D eigenvalue weighted by Gasteiger charge is 2.50. The lowest BCUT2D eigenvalue weighted by Crippen LogP contribution is -2.50. The highest BCUT2D eigenvalue weighted by molar-refractivity contribution is 8.00. The molecule has 3 aliphatic rings. The Hall–Kier alpha value is 0.310. The van der Waals surface area contributed by atoms with Crippen LogP contribution in [0.2, 0.25) is 0 Å². The van der Waals surface area contributed by atoms with Gasteiger partial charge in [-0.2, -0.15) is 11.8 Å². The second-order valence-electron chi connectivity index (χ2n) is 6.10. The molecule has 1 aliphatic carbocycles. The first-order valence-corrected chi connectivity index (χ1v) is 8.20. The topological polar surface area (TPSA) is 12.0 Å². The molecule has 3 unspecified atom stereocenters. The summed E-state index contributed by atoms with van der Waals surface area (Å²) in [7, 11) is 0. The lowest BCUT2D eigenvalue weighted by atomic mass is 9.62. The van der Waals surface area contributed by atoms with Crippen molar-refractivity contribution in [3.63, 3.8) is 0 Å². The fourth-order valence-corrected chi connectivity index (χ4v) is 6.17. The van der Waals surface area contributed by atoms with Crippen LogP contribution in [-0.2, 0) is 0 Å². The SMILES string of the molecule is CC1SCCC12CCNCC2C1CCCC1. The zero-order valence-electron chi connectivity index (χ0n) is 10.5. The van der Waals surface area contributed by atoms with E-state index in [9.17, 15) is 0 Å². The first-order valence-electron chi connectivity index (χ1n) is 7.15. The number of hydrogen-bond acceptors (Lipinski definition) is 2. The maximum atomic E-state index is 3.67. The molecule has 0 radical (unpaired) electrons. The third kappa shape index (κ3) is 1.73. The summed E-state index contributed by atoms with van der Waals surface area (Å²) in [6, 6.07) is 0. The van der Waals surface area contributed by atoms with Gasteiger partial charge in [-0.15, -0.1) is 0 Å². The molecular formula is C14H25NS. The molecule has 2 aliphatic heterocycles. The maximum Gasteiger partial charge on any atom is 0.00791 e. The fraction of sp³-hybridized carbons (Fsp3) is 1.00. The minimum atomic E-state index is 0.713. The second-order valence-corrected chi connectivity index (χ2v) is 7.55. The summed E-state index contributed by atoms with van der Waals surface area (Å²) in [4.78, 5) is 0. The van der Waals surface area contributed by atoms with Crippen molar-refractivity contribution in [1.29, 1.82) is 0 Å². The van der Waals surface area contributed by atoms with E-state index in [0.29, 0.717) is 5.41 Å². The zero-order valence-corrected chi connectivity index (χ0v) is 11.3. The molecule has 3 fully saturated rings. The van der Waals surface area contributed by atoms with Gasteiger partial charge < -0.3 is 5.32 Å². The van der Waals surface area contributed by atoms with Gasteiger partial charge in [0, 0.05) is 5.25 Å². The molecule has 1 saturated carbocycles. The second kappa shape index (κ2) is 4.53. The molecule has 92 valence electrons. The Bertz CT molecular complexity index is 249. The maximum absolute atomic E-state index is 3.67. The third-order valence-corrected chi connectivity index (χ3v) is 6.99.